The first-order valence-electron chi connectivity index (χ1n) is 9.57. The molecule has 0 bridgehead atoms. The van der Waals surface area contributed by atoms with E-state index in [0.29, 0.717) is 18.5 Å². The van der Waals surface area contributed by atoms with Gasteiger partial charge in [0.15, 0.2) is 11.6 Å². The van der Waals surface area contributed by atoms with E-state index in [1.54, 1.807) is 29.0 Å². The number of para-hydroxylation sites is 1. The SMILES string of the molecule is Cn1cc(C2N(C(=O)c3ccc(F)c(F)c3)CCC23C(=O)Nc2ccccc23)cn1. The summed E-state index contributed by atoms with van der Waals surface area (Å²) in [6, 6.07) is 9.89. The number of carbonyl (C=O) groups excluding carboxylic acids is 2. The molecule has 2 amide bonds. The van der Waals surface area contributed by atoms with Crippen LogP contribution in [0.5, 0.6) is 0 Å². The molecule has 2 aliphatic heterocycles. The lowest BCUT2D eigenvalue weighted by atomic mass is 9.73. The fraction of sp³-hybridized carbons (Fsp3) is 0.227. The third kappa shape index (κ3) is 2.49. The van der Waals surface area contributed by atoms with Gasteiger partial charge in [-0.2, -0.15) is 5.10 Å². The number of halogens is 2. The Bertz CT molecular complexity index is 1190. The van der Waals surface area contributed by atoms with Crippen molar-refractivity contribution in [3.63, 3.8) is 0 Å². The fourth-order valence-corrected chi connectivity index (χ4v) is 4.75. The van der Waals surface area contributed by atoms with Crippen LogP contribution in [0.15, 0.2) is 54.9 Å². The zero-order valence-corrected chi connectivity index (χ0v) is 16.1. The quantitative estimate of drug-likeness (QED) is 0.708. The first-order chi connectivity index (χ1) is 14.4. The Morgan fingerprint density at radius 2 is 2.00 bits per heavy atom. The number of fused-ring (bicyclic) bond motifs is 2. The minimum absolute atomic E-state index is 0.0338. The summed E-state index contributed by atoms with van der Waals surface area (Å²) in [5.41, 5.74) is 1.31. The van der Waals surface area contributed by atoms with Crippen molar-refractivity contribution < 1.29 is 18.4 Å². The first kappa shape index (κ1) is 18.5. The largest absolute Gasteiger partial charge is 0.330 e. The summed E-state index contributed by atoms with van der Waals surface area (Å²) in [5.74, 6) is -2.75. The van der Waals surface area contributed by atoms with Crippen LogP contribution in [0.2, 0.25) is 0 Å². The second kappa shape index (κ2) is 6.48. The van der Waals surface area contributed by atoms with Gasteiger partial charge >= 0.3 is 0 Å². The fourth-order valence-electron chi connectivity index (χ4n) is 4.75. The molecule has 2 aliphatic rings. The van der Waals surface area contributed by atoms with Gasteiger partial charge in [-0.25, -0.2) is 8.78 Å². The van der Waals surface area contributed by atoms with Gasteiger partial charge in [0.25, 0.3) is 5.91 Å². The molecule has 8 heteroatoms. The summed E-state index contributed by atoms with van der Waals surface area (Å²) in [7, 11) is 1.76. The lowest BCUT2D eigenvalue weighted by molar-refractivity contribution is -0.121. The predicted molar refractivity (Wildman–Crippen MR) is 105 cm³/mol. The van der Waals surface area contributed by atoms with Gasteiger partial charge in [-0.3, -0.25) is 14.3 Å². The maximum atomic E-state index is 13.8. The summed E-state index contributed by atoms with van der Waals surface area (Å²) in [5, 5.41) is 7.17. The van der Waals surface area contributed by atoms with Crippen molar-refractivity contribution in [2.75, 3.05) is 11.9 Å². The highest BCUT2D eigenvalue weighted by Gasteiger charge is 2.59. The number of rotatable bonds is 2. The normalized spacial score (nSPS) is 22.4. The molecule has 0 saturated carbocycles. The van der Waals surface area contributed by atoms with E-state index in [1.807, 2.05) is 24.3 Å². The van der Waals surface area contributed by atoms with E-state index in [1.165, 1.54) is 6.07 Å². The molecule has 6 nitrogen and oxygen atoms in total. The minimum Gasteiger partial charge on any atom is -0.330 e. The van der Waals surface area contributed by atoms with Crippen molar-refractivity contribution in [2.24, 2.45) is 7.05 Å². The molecule has 3 aromatic rings. The molecular weight excluding hydrogens is 390 g/mol. The molecule has 2 aromatic carbocycles. The van der Waals surface area contributed by atoms with Gasteiger partial charge < -0.3 is 10.2 Å². The lowest BCUT2D eigenvalue weighted by Gasteiger charge is -2.33. The number of amides is 2. The highest BCUT2D eigenvalue weighted by atomic mass is 19.2. The average molecular weight is 408 g/mol. The van der Waals surface area contributed by atoms with Crippen LogP contribution in [-0.4, -0.2) is 33.0 Å². The van der Waals surface area contributed by atoms with E-state index in [0.717, 1.165) is 23.4 Å². The van der Waals surface area contributed by atoms with E-state index in [-0.39, 0.29) is 11.5 Å². The number of nitrogens with zero attached hydrogens (tertiary/aromatic N) is 3. The molecule has 1 fully saturated rings. The Morgan fingerprint density at radius 3 is 2.73 bits per heavy atom. The van der Waals surface area contributed by atoms with Gasteiger partial charge in [0, 0.05) is 36.6 Å². The van der Waals surface area contributed by atoms with E-state index in [9.17, 15) is 18.4 Å². The zero-order valence-electron chi connectivity index (χ0n) is 16.1. The maximum Gasteiger partial charge on any atom is 0.254 e. The zero-order chi connectivity index (χ0) is 21.0. The summed E-state index contributed by atoms with van der Waals surface area (Å²) in [6.45, 7) is 0.291. The van der Waals surface area contributed by atoms with Crippen molar-refractivity contribution in [3.8, 4) is 0 Å². The van der Waals surface area contributed by atoms with Crippen LogP contribution in [0.4, 0.5) is 14.5 Å². The van der Waals surface area contributed by atoms with Gasteiger partial charge in [-0.05, 0) is 36.2 Å². The third-order valence-electron chi connectivity index (χ3n) is 6.05. The number of nitrogens with one attached hydrogen (secondary N) is 1. The third-order valence-corrected chi connectivity index (χ3v) is 6.05. The molecular formula is C22H18F2N4O2. The molecule has 2 atom stereocenters. The smallest absolute Gasteiger partial charge is 0.254 e. The average Bonchev–Trinajstić information content (AvgIpc) is 3.41. The Morgan fingerprint density at radius 1 is 1.20 bits per heavy atom. The van der Waals surface area contributed by atoms with Crippen LogP contribution in [0, 0.1) is 11.6 Å². The molecule has 1 spiro atoms. The number of anilines is 1. The molecule has 5 rings (SSSR count). The second-order valence-electron chi connectivity index (χ2n) is 7.70. The number of carbonyl (C=O) groups is 2. The molecule has 0 aliphatic carbocycles. The van der Waals surface area contributed by atoms with E-state index < -0.39 is 29.0 Å². The van der Waals surface area contributed by atoms with Gasteiger partial charge in [0.1, 0.15) is 5.41 Å². The molecule has 1 N–H and O–H groups in total. The molecule has 1 aromatic heterocycles. The van der Waals surface area contributed by atoms with Crippen LogP contribution in [-0.2, 0) is 17.3 Å². The van der Waals surface area contributed by atoms with Crippen LogP contribution in [0.1, 0.15) is 33.9 Å². The number of hydrogen-bond donors (Lipinski definition) is 1. The van der Waals surface area contributed by atoms with Gasteiger partial charge in [0.2, 0.25) is 5.91 Å². The van der Waals surface area contributed by atoms with Crippen LogP contribution >= 0.6 is 0 Å². The Hall–Kier alpha value is -3.55. The van der Waals surface area contributed by atoms with E-state index in [4.69, 9.17) is 0 Å². The highest BCUT2D eigenvalue weighted by molar-refractivity contribution is 6.08. The number of hydrogen-bond acceptors (Lipinski definition) is 3. The highest BCUT2D eigenvalue weighted by Crippen LogP contribution is 2.54. The van der Waals surface area contributed by atoms with Gasteiger partial charge in [0.05, 0.1) is 12.2 Å². The molecule has 30 heavy (non-hydrogen) atoms. The van der Waals surface area contributed by atoms with Crippen molar-refractivity contribution in [3.05, 3.63) is 83.2 Å². The van der Waals surface area contributed by atoms with Crippen molar-refractivity contribution >= 4 is 17.5 Å². The summed E-state index contributed by atoms with van der Waals surface area (Å²) >= 11 is 0. The van der Waals surface area contributed by atoms with Crippen LogP contribution < -0.4 is 5.32 Å². The number of aryl methyl sites for hydroxylation is 1. The molecule has 1 saturated heterocycles. The van der Waals surface area contributed by atoms with Crippen molar-refractivity contribution in [2.45, 2.75) is 17.9 Å². The number of benzene rings is 2. The molecule has 0 radical (unpaired) electrons. The number of aromatic nitrogens is 2. The van der Waals surface area contributed by atoms with Crippen LogP contribution in [0.3, 0.4) is 0 Å². The minimum atomic E-state index is -1.09. The molecule has 2 unspecified atom stereocenters. The first-order valence-corrected chi connectivity index (χ1v) is 9.57. The van der Waals surface area contributed by atoms with Crippen LogP contribution in [0.25, 0.3) is 0 Å². The maximum absolute atomic E-state index is 13.8. The predicted octanol–water partition coefficient (Wildman–Crippen LogP) is 3.18. The Labute approximate surface area is 171 Å². The van der Waals surface area contributed by atoms with Gasteiger partial charge in [-0.15, -0.1) is 0 Å². The summed E-state index contributed by atoms with van der Waals surface area (Å²) < 4.78 is 28.8. The molecule has 3 heterocycles. The Kier molecular flexibility index (Phi) is 3.99. The van der Waals surface area contributed by atoms with Crippen molar-refractivity contribution in [1.29, 1.82) is 0 Å². The standard InChI is InChI=1S/C22H18F2N4O2/c1-27-12-14(11-25-27)19-22(15-4-2-3-5-18(15)26-21(22)30)8-9-28(19)20(29)13-6-7-16(23)17(24)10-13/h2-7,10-12,19H,8-9H2,1H3,(H,26,30). The van der Waals surface area contributed by atoms with E-state index in [2.05, 4.69) is 10.4 Å². The lowest BCUT2D eigenvalue weighted by Crippen LogP contribution is -2.42. The van der Waals surface area contributed by atoms with Gasteiger partial charge in [-0.1, -0.05) is 18.2 Å². The summed E-state index contributed by atoms with van der Waals surface area (Å²) in [6.07, 6.45) is 3.82. The topological polar surface area (TPSA) is 67.2 Å². The molecule has 152 valence electrons. The van der Waals surface area contributed by atoms with Crippen molar-refractivity contribution in [1.82, 2.24) is 14.7 Å². The monoisotopic (exact) mass is 408 g/mol. The number of likely N-dealkylation sites (tertiary alicyclic amines) is 1. The van der Waals surface area contributed by atoms with E-state index >= 15 is 0 Å². The summed E-state index contributed by atoms with van der Waals surface area (Å²) in [4.78, 5) is 28.2. The second-order valence-corrected chi connectivity index (χ2v) is 7.70. The Balaban J connectivity index is 1.65.